The van der Waals surface area contributed by atoms with Gasteiger partial charge in [0.05, 0.1) is 5.56 Å². The molecule has 0 fully saturated rings. The molecule has 0 atom stereocenters. The van der Waals surface area contributed by atoms with Crippen molar-refractivity contribution in [1.82, 2.24) is 4.98 Å². The molecular formula is C6H5ClFN3O. The third kappa shape index (κ3) is 1.45. The Hall–Kier alpha value is -1.36. The molecule has 0 aliphatic heterocycles. The Morgan fingerprint density at radius 3 is 2.75 bits per heavy atom. The highest BCUT2D eigenvalue weighted by Crippen LogP contribution is 2.17. The van der Waals surface area contributed by atoms with Gasteiger partial charge in [-0.05, 0) is 6.07 Å². The Labute approximate surface area is 72.3 Å². The lowest BCUT2D eigenvalue weighted by molar-refractivity contribution is 0.100. The first-order valence-electron chi connectivity index (χ1n) is 2.93. The van der Waals surface area contributed by atoms with Gasteiger partial charge in [-0.2, -0.15) is 0 Å². The van der Waals surface area contributed by atoms with E-state index in [1.165, 1.54) is 0 Å². The molecular weight excluding hydrogens is 185 g/mol. The van der Waals surface area contributed by atoms with Gasteiger partial charge in [0.25, 0.3) is 5.91 Å². The molecule has 0 radical (unpaired) electrons. The normalized spacial score (nSPS) is 9.83. The zero-order chi connectivity index (χ0) is 9.30. The molecule has 1 rings (SSSR count). The average Bonchev–Trinajstić information content (AvgIpc) is 1.96. The lowest BCUT2D eigenvalue weighted by Gasteiger charge is -2.00. The second-order valence-electron chi connectivity index (χ2n) is 2.06. The van der Waals surface area contributed by atoms with E-state index in [-0.39, 0.29) is 16.5 Å². The monoisotopic (exact) mass is 189 g/mol. The van der Waals surface area contributed by atoms with E-state index in [9.17, 15) is 9.18 Å². The van der Waals surface area contributed by atoms with Crippen LogP contribution in [0.3, 0.4) is 0 Å². The molecule has 0 aromatic carbocycles. The van der Waals surface area contributed by atoms with E-state index < -0.39 is 11.7 Å². The van der Waals surface area contributed by atoms with Crippen LogP contribution in [0.2, 0.25) is 5.15 Å². The number of aromatic nitrogens is 1. The van der Waals surface area contributed by atoms with Crippen molar-refractivity contribution in [2.45, 2.75) is 0 Å². The van der Waals surface area contributed by atoms with Gasteiger partial charge in [0, 0.05) is 0 Å². The van der Waals surface area contributed by atoms with Crippen LogP contribution in [0.4, 0.5) is 10.2 Å². The quantitative estimate of drug-likeness (QED) is 0.633. The molecule has 0 aliphatic carbocycles. The molecule has 6 heteroatoms. The zero-order valence-electron chi connectivity index (χ0n) is 5.84. The second kappa shape index (κ2) is 2.94. The number of anilines is 1. The predicted octanol–water partition coefficient (Wildman–Crippen LogP) is 0.555. The van der Waals surface area contributed by atoms with Gasteiger partial charge in [-0.15, -0.1) is 0 Å². The molecule has 4 nitrogen and oxygen atoms in total. The molecule has 0 spiro atoms. The van der Waals surface area contributed by atoms with E-state index in [1.807, 2.05) is 0 Å². The number of hydrogen-bond acceptors (Lipinski definition) is 3. The predicted molar refractivity (Wildman–Crippen MR) is 42.1 cm³/mol. The van der Waals surface area contributed by atoms with Crippen molar-refractivity contribution in [2.75, 3.05) is 5.73 Å². The van der Waals surface area contributed by atoms with Crippen molar-refractivity contribution in [1.29, 1.82) is 0 Å². The molecule has 4 N–H and O–H groups in total. The Balaban J connectivity index is 3.33. The summed E-state index contributed by atoms with van der Waals surface area (Å²) >= 11 is 5.27. The van der Waals surface area contributed by atoms with Crippen molar-refractivity contribution >= 4 is 23.3 Å². The van der Waals surface area contributed by atoms with Crippen LogP contribution in [0.25, 0.3) is 0 Å². The third-order valence-corrected chi connectivity index (χ3v) is 1.49. The molecule has 1 heterocycles. The molecule has 0 aliphatic rings. The number of rotatable bonds is 1. The lowest BCUT2D eigenvalue weighted by atomic mass is 10.2. The minimum atomic E-state index is -0.837. The van der Waals surface area contributed by atoms with Crippen LogP contribution in [0.1, 0.15) is 10.4 Å². The largest absolute Gasteiger partial charge is 0.383 e. The molecule has 0 saturated heterocycles. The van der Waals surface area contributed by atoms with Crippen molar-refractivity contribution in [3.05, 3.63) is 22.6 Å². The summed E-state index contributed by atoms with van der Waals surface area (Å²) in [5, 5.41) is -0.377. The molecule has 1 amide bonds. The van der Waals surface area contributed by atoms with Gasteiger partial charge in [-0.3, -0.25) is 4.79 Å². The highest BCUT2D eigenvalue weighted by molar-refractivity contribution is 6.29. The van der Waals surface area contributed by atoms with Gasteiger partial charge in [-0.25, -0.2) is 9.37 Å². The number of carbonyl (C=O) groups excluding carboxylic acids is 1. The number of nitrogens with zero attached hydrogens (tertiary/aromatic N) is 1. The minimum Gasteiger partial charge on any atom is -0.383 e. The van der Waals surface area contributed by atoms with Crippen molar-refractivity contribution in [3.63, 3.8) is 0 Å². The first-order valence-corrected chi connectivity index (χ1v) is 3.31. The van der Waals surface area contributed by atoms with E-state index >= 15 is 0 Å². The zero-order valence-corrected chi connectivity index (χ0v) is 6.60. The lowest BCUT2D eigenvalue weighted by Crippen LogP contribution is -2.15. The van der Waals surface area contributed by atoms with E-state index in [0.717, 1.165) is 6.07 Å². The van der Waals surface area contributed by atoms with Crippen LogP contribution in [0.5, 0.6) is 0 Å². The maximum atomic E-state index is 12.7. The Bertz CT molecular complexity index is 342. The summed E-state index contributed by atoms with van der Waals surface area (Å²) in [4.78, 5) is 13.9. The van der Waals surface area contributed by atoms with Gasteiger partial charge >= 0.3 is 0 Å². The molecule has 12 heavy (non-hydrogen) atoms. The number of nitrogen functional groups attached to an aromatic ring is 1. The fourth-order valence-corrected chi connectivity index (χ4v) is 0.823. The van der Waals surface area contributed by atoms with Gasteiger partial charge in [0.15, 0.2) is 11.0 Å². The topological polar surface area (TPSA) is 82.0 Å². The van der Waals surface area contributed by atoms with Gasteiger partial charge in [0.2, 0.25) is 0 Å². The van der Waals surface area contributed by atoms with Crippen LogP contribution < -0.4 is 11.5 Å². The SMILES string of the molecule is NC(=O)c1cc(F)c(Cl)nc1N. The van der Waals surface area contributed by atoms with Crippen LogP contribution in [-0.4, -0.2) is 10.9 Å². The van der Waals surface area contributed by atoms with Crippen LogP contribution in [0.15, 0.2) is 6.07 Å². The summed E-state index contributed by atoms with van der Waals surface area (Å²) in [5.41, 5.74) is 9.92. The summed E-state index contributed by atoms with van der Waals surface area (Å²) < 4.78 is 12.7. The second-order valence-corrected chi connectivity index (χ2v) is 2.42. The highest BCUT2D eigenvalue weighted by Gasteiger charge is 2.11. The minimum absolute atomic E-state index is 0.170. The van der Waals surface area contributed by atoms with Crippen molar-refractivity contribution in [3.8, 4) is 0 Å². The summed E-state index contributed by atoms with van der Waals surface area (Å²) in [5.74, 6) is -1.83. The average molecular weight is 190 g/mol. The first-order chi connectivity index (χ1) is 5.52. The Morgan fingerprint density at radius 2 is 2.25 bits per heavy atom. The number of hydrogen-bond donors (Lipinski definition) is 2. The number of pyridine rings is 1. The fourth-order valence-electron chi connectivity index (χ4n) is 0.677. The van der Waals surface area contributed by atoms with Crippen LogP contribution in [0, 0.1) is 5.82 Å². The first kappa shape index (κ1) is 8.73. The van der Waals surface area contributed by atoms with Gasteiger partial charge < -0.3 is 11.5 Å². The smallest absolute Gasteiger partial charge is 0.252 e. The van der Waals surface area contributed by atoms with E-state index in [2.05, 4.69) is 4.98 Å². The van der Waals surface area contributed by atoms with Gasteiger partial charge in [-0.1, -0.05) is 11.6 Å². The highest BCUT2D eigenvalue weighted by atomic mass is 35.5. The summed E-state index contributed by atoms with van der Waals surface area (Å²) in [7, 11) is 0. The molecule has 0 bridgehead atoms. The Morgan fingerprint density at radius 1 is 1.67 bits per heavy atom. The molecule has 0 saturated carbocycles. The summed E-state index contributed by atoms with van der Waals surface area (Å²) in [6.07, 6.45) is 0. The maximum absolute atomic E-state index is 12.7. The van der Waals surface area contributed by atoms with Gasteiger partial charge in [0.1, 0.15) is 5.82 Å². The standard InChI is InChI=1S/C6H5ClFN3O/c7-4-3(8)1-2(6(10)12)5(9)11-4/h1H,(H2,9,11)(H2,10,12). The number of halogens is 2. The molecule has 64 valence electrons. The van der Waals surface area contributed by atoms with E-state index in [0.29, 0.717) is 0 Å². The Kier molecular flexibility index (Phi) is 2.14. The fraction of sp³-hybridized carbons (Fsp3) is 0. The van der Waals surface area contributed by atoms with Crippen molar-refractivity contribution < 1.29 is 9.18 Å². The molecule has 1 aromatic heterocycles. The summed E-state index contributed by atoms with van der Waals surface area (Å²) in [6, 6.07) is 0.854. The van der Waals surface area contributed by atoms with E-state index in [1.54, 1.807) is 0 Å². The van der Waals surface area contributed by atoms with Crippen LogP contribution in [-0.2, 0) is 0 Å². The number of amides is 1. The van der Waals surface area contributed by atoms with Crippen molar-refractivity contribution in [2.24, 2.45) is 5.73 Å². The molecule has 1 aromatic rings. The van der Waals surface area contributed by atoms with Crippen LogP contribution >= 0.6 is 11.6 Å². The third-order valence-electron chi connectivity index (χ3n) is 1.23. The number of carbonyl (C=O) groups is 1. The number of primary amides is 1. The summed E-state index contributed by atoms with van der Waals surface area (Å²) in [6.45, 7) is 0. The maximum Gasteiger partial charge on any atom is 0.252 e. The van der Waals surface area contributed by atoms with E-state index in [4.69, 9.17) is 23.1 Å². The number of nitrogens with two attached hydrogens (primary N) is 2. The molecule has 0 unspecified atom stereocenters.